The number of nitrogens with zero attached hydrogens (tertiary/aromatic N) is 2. The highest BCUT2D eigenvalue weighted by Gasteiger charge is 2.12. The van der Waals surface area contributed by atoms with Crippen molar-refractivity contribution in [2.45, 2.75) is 45.1 Å². The first-order valence-corrected chi connectivity index (χ1v) is 6.55. The molecule has 0 aromatic carbocycles. The van der Waals surface area contributed by atoms with Gasteiger partial charge in [0.15, 0.2) is 0 Å². The van der Waals surface area contributed by atoms with E-state index in [1.165, 1.54) is 19.3 Å². The van der Waals surface area contributed by atoms with Crippen LogP contribution < -0.4 is 10.1 Å². The minimum absolute atomic E-state index is 0.622. The topological polar surface area (TPSA) is 47.0 Å². The largest absolute Gasteiger partial charge is 0.478 e. The molecule has 0 radical (unpaired) electrons. The smallest absolute Gasteiger partial charge is 0.216 e. The van der Waals surface area contributed by atoms with Crippen molar-refractivity contribution in [2.75, 3.05) is 13.2 Å². The SMILES string of the molecule is CCc1cc(OCCC2CCCCN2)ncn1. The summed E-state index contributed by atoms with van der Waals surface area (Å²) < 4.78 is 5.66. The average molecular weight is 235 g/mol. The van der Waals surface area contributed by atoms with Crippen LogP contribution in [0.25, 0.3) is 0 Å². The summed E-state index contributed by atoms with van der Waals surface area (Å²) in [4.78, 5) is 8.27. The lowest BCUT2D eigenvalue weighted by Gasteiger charge is -2.23. The fraction of sp³-hybridized carbons (Fsp3) is 0.692. The van der Waals surface area contributed by atoms with Crippen molar-refractivity contribution in [3.05, 3.63) is 18.1 Å². The molecule has 1 atom stereocenters. The Labute approximate surface area is 103 Å². The molecular formula is C13H21N3O. The number of hydrogen-bond donors (Lipinski definition) is 1. The van der Waals surface area contributed by atoms with Gasteiger partial charge in [-0.05, 0) is 32.2 Å². The number of hydrogen-bond acceptors (Lipinski definition) is 4. The molecule has 0 spiro atoms. The van der Waals surface area contributed by atoms with E-state index in [4.69, 9.17) is 4.74 Å². The first-order chi connectivity index (χ1) is 8.38. The predicted molar refractivity (Wildman–Crippen MR) is 67.2 cm³/mol. The van der Waals surface area contributed by atoms with Crippen LogP contribution >= 0.6 is 0 Å². The van der Waals surface area contributed by atoms with Gasteiger partial charge in [0.25, 0.3) is 0 Å². The van der Waals surface area contributed by atoms with Crippen LogP contribution in [0.3, 0.4) is 0 Å². The Balaban J connectivity index is 1.73. The van der Waals surface area contributed by atoms with Gasteiger partial charge in [-0.25, -0.2) is 9.97 Å². The van der Waals surface area contributed by atoms with Crippen molar-refractivity contribution >= 4 is 0 Å². The Morgan fingerprint density at radius 2 is 2.35 bits per heavy atom. The number of aromatic nitrogens is 2. The zero-order chi connectivity index (χ0) is 11.9. The Bertz CT molecular complexity index is 337. The van der Waals surface area contributed by atoms with Crippen molar-refractivity contribution < 1.29 is 4.74 Å². The van der Waals surface area contributed by atoms with Gasteiger partial charge in [-0.2, -0.15) is 0 Å². The van der Waals surface area contributed by atoms with Crippen LogP contribution in [0.2, 0.25) is 0 Å². The summed E-state index contributed by atoms with van der Waals surface area (Å²) in [5, 5.41) is 3.52. The fourth-order valence-electron chi connectivity index (χ4n) is 2.13. The van der Waals surface area contributed by atoms with Gasteiger partial charge in [0.2, 0.25) is 5.88 Å². The lowest BCUT2D eigenvalue weighted by atomic mass is 10.0. The van der Waals surface area contributed by atoms with E-state index in [1.807, 2.05) is 6.07 Å². The quantitative estimate of drug-likeness (QED) is 0.847. The fourth-order valence-corrected chi connectivity index (χ4v) is 2.13. The Hall–Kier alpha value is -1.16. The van der Waals surface area contributed by atoms with Crippen molar-refractivity contribution in [1.82, 2.24) is 15.3 Å². The molecule has 1 aliphatic rings. The molecule has 4 heteroatoms. The number of ether oxygens (including phenoxy) is 1. The zero-order valence-electron chi connectivity index (χ0n) is 10.5. The second kappa shape index (κ2) is 6.55. The van der Waals surface area contributed by atoms with E-state index in [2.05, 4.69) is 22.2 Å². The molecule has 0 aliphatic carbocycles. The van der Waals surface area contributed by atoms with Crippen molar-refractivity contribution in [3.8, 4) is 5.88 Å². The lowest BCUT2D eigenvalue weighted by Crippen LogP contribution is -2.35. The molecular weight excluding hydrogens is 214 g/mol. The van der Waals surface area contributed by atoms with E-state index < -0.39 is 0 Å². The number of rotatable bonds is 5. The first kappa shape index (κ1) is 12.3. The van der Waals surface area contributed by atoms with E-state index in [-0.39, 0.29) is 0 Å². The zero-order valence-corrected chi connectivity index (χ0v) is 10.5. The van der Waals surface area contributed by atoms with E-state index in [0.29, 0.717) is 11.9 Å². The van der Waals surface area contributed by atoms with Crippen LogP contribution in [0.5, 0.6) is 5.88 Å². The van der Waals surface area contributed by atoms with Gasteiger partial charge in [-0.15, -0.1) is 0 Å². The van der Waals surface area contributed by atoms with Crippen molar-refractivity contribution in [2.24, 2.45) is 0 Å². The standard InChI is InChI=1S/C13H21N3O/c1-2-11-9-13(16-10-15-11)17-8-6-12-5-3-4-7-14-12/h9-10,12,14H,2-8H2,1H3. The molecule has 94 valence electrons. The Kier molecular flexibility index (Phi) is 4.74. The van der Waals surface area contributed by atoms with Gasteiger partial charge >= 0.3 is 0 Å². The lowest BCUT2D eigenvalue weighted by molar-refractivity contribution is 0.260. The van der Waals surface area contributed by atoms with E-state index in [1.54, 1.807) is 6.33 Å². The maximum atomic E-state index is 5.66. The summed E-state index contributed by atoms with van der Waals surface area (Å²) in [6.07, 6.45) is 7.48. The van der Waals surface area contributed by atoms with Crippen LogP contribution in [-0.2, 0) is 6.42 Å². The van der Waals surface area contributed by atoms with Gasteiger partial charge in [-0.1, -0.05) is 13.3 Å². The van der Waals surface area contributed by atoms with Crippen LogP contribution in [-0.4, -0.2) is 29.2 Å². The van der Waals surface area contributed by atoms with Crippen LogP contribution in [0.4, 0.5) is 0 Å². The van der Waals surface area contributed by atoms with Crippen LogP contribution in [0.15, 0.2) is 12.4 Å². The molecule has 1 saturated heterocycles. The molecule has 0 saturated carbocycles. The van der Waals surface area contributed by atoms with Gasteiger partial charge in [0.1, 0.15) is 6.33 Å². The van der Waals surface area contributed by atoms with Crippen molar-refractivity contribution in [1.29, 1.82) is 0 Å². The molecule has 1 aromatic heterocycles. The summed E-state index contributed by atoms with van der Waals surface area (Å²) in [6.45, 7) is 3.97. The van der Waals surface area contributed by atoms with Gasteiger partial charge in [0, 0.05) is 17.8 Å². The third kappa shape index (κ3) is 3.97. The normalized spacial score (nSPS) is 20.2. The molecule has 17 heavy (non-hydrogen) atoms. The number of nitrogens with one attached hydrogen (secondary N) is 1. The van der Waals surface area contributed by atoms with Crippen LogP contribution in [0, 0.1) is 0 Å². The average Bonchev–Trinajstić information content (AvgIpc) is 2.40. The second-order valence-electron chi connectivity index (χ2n) is 4.49. The number of piperidine rings is 1. The van der Waals surface area contributed by atoms with Gasteiger partial charge in [0.05, 0.1) is 6.61 Å². The Morgan fingerprint density at radius 1 is 1.41 bits per heavy atom. The monoisotopic (exact) mass is 235 g/mol. The summed E-state index contributed by atoms with van der Waals surface area (Å²) >= 11 is 0. The molecule has 0 amide bonds. The molecule has 0 bridgehead atoms. The van der Waals surface area contributed by atoms with E-state index in [9.17, 15) is 0 Å². The minimum atomic E-state index is 0.622. The van der Waals surface area contributed by atoms with Crippen LogP contribution in [0.1, 0.15) is 38.3 Å². The molecule has 4 nitrogen and oxygen atoms in total. The molecule has 2 rings (SSSR count). The Morgan fingerprint density at radius 3 is 3.12 bits per heavy atom. The maximum Gasteiger partial charge on any atom is 0.216 e. The third-order valence-corrected chi connectivity index (χ3v) is 3.19. The molecule has 2 heterocycles. The number of aryl methyl sites for hydroxylation is 1. The maximum absolute atomic E-state index is 5.66. The molecule has 1 aromatic rings. The highest BCUT2D eigenvalue weighted by atomic mass is 16.5. The third-order valence-electron chi connectivity index (χ3n) is 3.19. The van der Waals surface area contributed by atoms with Gasteiger partial charge < -0.3 is 10.1 Å². The predicted octanol–water partition coefficient (Wildman–Crippen LogP) is 1.95. The van der Waals surface area contributed by atoms with E-state index in [0.717, 1.165) is 31.7 Å². The molecule has 1 aliphatic heterocycles. The van der Waals surface area contributed by atoms with Gasteiger partial charge in [-0.3, -0.25) is 0 Å². The second-order valence-corrected chi connectivity index (χ2v) is 4.49. The first-order valence-electron chi connectivity index (χ1n) is 6.55. The van der Waals surface area contributed by atoms with E-state index >= 15 is 0 Å². The molecule has 1 N–H and O–H groups in total. The summed E-state index contributed by atoms with van der Waals surface area (Å²) in [5.41, 5.74) is 1.03. The molecule has 1 unspecified atom stereocenters. The highest BCUT2D eigenvalue weighted by molar-refractivity contribution is 5.13. The minimum Gasteiger partial charge on any atom is -0.478 e. The van der Waals surface area contributed by atoms with Crippen molar-refractivity contribution in [3.63, 3.8) is 0 Å². The summed E-state index contributed by atoms with van der Waals surface area (Å²) in [7, 11) is 0. The summed E-state index contributed by atoms with van der Waals surface area (Å²) in [6, 6.07) is 2.55. The highest BCUT2D eigenvalue weighted by Crippen LogP contribution is 2.12. The summed E-state index contributed by atoms with van der Waals surface area (Å²) in [5.74, 6) is 0.702. The molecule has 1 fully saturated rings.